The summed E-state index contributed by atoms with van der Waals surface area (Å²) in [5, 5.41) is 15.7. The normalized spacial score (nSPS) is 29.0. The van der Waals surface area contributed by atoms with E-state index >= 15 is 0 Å². The summed E-state index contributed by atoms with van der Waals surface area (Å²) >= 11 is 0. The Bertz CT molecular complexity index is 75.8. The van der Waals surface area contributed by atoms with Crippen LogP contribution in [0.1, 0.15) is 26.2 Å². The molecule has 2 atom stereocenters. The summed E-state index contributed by atoms with van der Waals surface area (Å²) in [5.74, 6) is 0.739. The van der Waals surface area contributed by atoms with Crippen LogP contribution in [0.2, 0.25) is 0 Å². The number of aliphatic hydroxyl groups is 2. The highest BCUT2D eigenvalue weighted by Crippen LogP contribution is 2.20. The van der Waals surface area contributed by atoms with E-state index < -0.39 is 0 Å². The van der Waals surface area contributed by atoms with Gasteiger partial charge in [-0.05, 0) is 18.8 Å². The fourth-order valence-electron chi connectivity index (χ4n) is 1.33. The van der Waals surface area contributed by atoms with Gasteiger partial charge in [0.25, 0.3) is 0 Å². The maximum atomic E-state index is 8.72. The summed E-state index contributed by atoms with van der Waals surface area (Å²) in [6.07, 6.45) is 3.59. The topological polar surface area (TPSA) is 49.7 Å². The highest BCUT2D eigenvalue weighted by atomic mass is 16.5. The average molecular weight is 176 g/mol. The zero-order valence-corrected chi connectivity index (χ0v) is 7.99. The molecule has 0 saturated carbocycles. The van der Waals surface area contributed by atoms with Gasteiger partial charge in [-0.2, -0.15) is 0 Å². The molecular weight excluding hydrogens is 156 g/mol. The Balaban J connectivity index is 0.000000561. The minimum absolute atomic E-state index is 0.128. The molecule has 1 rings (SSSR count). The van der Waals surface area contributed by atoms with Crippen LogP contribution in [0.4, 0.5) is 0 Å². The molecule has 0 spiro atoms. The molecule has 0 aromatic carbocycles. The number of hydrogen-bond acceptors (Lipinski definition) is 3. The SMILES string of the molecule is CCC1CCC(CO)OC1.CO. The first-order chi connectivity index (χ1) is 5.86. The molecule has 0 aromatic heterocycles. The van der Waals surface area contributed by atoms with E-state index in [1.54, 1.807) is 0 Å². The van der Waals surface area contributed by atoms with Crippen molar-refractivity contribution in [3.63, 3.8) is 0 Å². The summed E-state index contributed by atoms with van der Waals surface area (Å²) in [6, 6.07) is 0. The van der Waals surface area contributed by atoms with E-state index in [0.717, 1.165) is 26.1 Å². The first kappa shape index (κ1) is 11.9. The molecule has 1 saturated heterocycles. The molecule has 1 heterocycles. The zero-order chi connectivity index (χ0) is 9.40. The third kappa shape index (κ3) is 4.04. The zero-order valence-electron chi connectivity index (χ0n) is 7.99. The minimum atomic E-state index is 0.128. The predicted octanol–water partition coefficient (Wildman–Crippen LogP) is 0.792. The second-order valence-electron chi connectivity index (χ2n) is 2.99. The lowest BCUT2D eigenvalue weighted by Crippen LogP contribution is -2.27. The molecule has 0 aromatic rings. The van der Waals surface area contributed by atoms with Crippen molar-refractivity contribution in [2.24, 2.45) is 5.92 Å². The van der Waals surface area contributed by atoms with Gasteiger partial charge in [0.1, 0.15) is 0 Å². The number of ether oxygens (including phenoxy) is 1. The van der Waals surface area contributed by atoms with Crippen LogP contribution in [-0.2, 0) is 4.74 Å². The highest BCUT2D eigenvalue weighted by Gasteiger charge is 2.18. The Morgan fingerprint density at radius 1 is 1.33 bits per heavy atom. The monoisotopic (exact) mass is 176 g/mol. The molecule has 2 unspecified atom stereocenters. The standard InChI is InChI=1S/C8H16O2.CH4O/c1-2-7-3-4-8(5-9)10-6-7;1-2/h7-9H,2-6H2,1H3;2H,1H3. The van der Waals surface area contributed by atoms with E-state index in [0.29, 0.717) is 0 Å². The van der Waals surface area contributed by atoms with Crippen LogP contribution in [0.5, 0.6) is 0 Å². The summed E-state index contributed by atoms with van der Waals surface area (Å²) in [5.41, 5.74) is 0. The number of rotatable bonds is 2. The molecule has 0 amide bonds. The summed E-state index contributed by atoms with van der Waals surface area (Å²) in [6.45, 7) is 3.23. The molecule has 0 aliphatic carbocycles. The Kier molecular flexibility index (Phi) is 7.45. The van der Waals surface area contributed by atoms with Crippen molar-refractivity contribution in [2.45, 2.75) is 32.3 Å². The molecule has 0 radical (unpaired) electrons. The van der Waals surface area contributed by atoms with E-state index in [2.05, 4.69) is 6.92 Å². The van der Waals surface area contributed by atoms with Gasteiger partial charge in [0.15, 0.2) is 0 Å². The predicted molar refractivity (Wildman–Crippen MR) is 48.0 cm³/mol. The van der Waals surface area contributed by atoms with Gasteiger partial charge in [-0.3, -0.25) is 0 Å². The molecule has 12 heavy (non-hydrogen) atoms. The van der Waals surface area contributed by atoms with Gasteiger partial charge < -0.3 is 14.9 Å². The highest BCUT2D eigenvalue weighted by molar-refractivity contribution is 4.68. The third-order valence-electron chi connectivity index (χ3n) is 2.25. The van der Waals surface area contributed by atoms with E-state index in [-0.39, 0.29) is 12.7 Å². The molecular formula is C9H20O3. The van der Waals surface area contributed by atoms with Crippen LogP contribution in [0.25, 0.3) is 0 Å². The Morgan fingerprint density at radius 3 is 2.33 bits per heavy atom. The van der Waals surface area contributed by atoms with Gasteiger partial charge in [-0.25, -0.2) is 0 Å². The van der Waals surface area contributed by atoms with Crippen LogP contribution in [-0.4, -0.2) is 36.6 Å². The number of aliphatic hydroxyl groups excluding tert-OH is 2. The lowest BCUT2D eigenvalue weighted by molar-refractivity contribution is -0.0431. The van der Waals surface area contributed by atoms with Crippen molar-refractivity contribution in [3.05, 3.63) is 0 Å². The summed E-state index contributed by atoms with van der Waals surface area (Å²) < 4.78 is 5.38. The quantitative estimate of drug-likeness (QED) is 0.654. The number of hydrogen-bond donors (Lipinski definition) is 2. The maximum Gasteiger partial charge on any atom is 0.0806 e. The van der Waals surface area contributed by atoms with E-state index in [9.17, 15) is 0 Å². The molecule has 0 bridgehead atoms. The van der Waals surface area contributed by atoms with Crippen molar-refractivity contribution in [2.75, 3.05) is 20.3 Å². The van der Waals surface area contributed by atoms with E-state index in [1.165, 1.54) is 12.8 Å². The maximum absolute atomic E-state index is 8.72. The fraction of sp³-hybridized carbons (Fsp3) is 1.00. The van der Waals surface area contributed by atoms with Crippen LogP contribution in [0.15, 0.2) is 0 Å². The van der Waals surface area contributed by atoms with Crippen molar-refractivity contribution >= 4 is 0 Å². The average Bonchev–Trinajstić information content (AvgIpc) is 2.21. The second-order valence-corrected chi connectivity index (χ2v) is 2.99. The summed E-state index contributed by atoms with van der Waals surface area (Å²) in [4.78, 5) is 0. The molecule has 1 fully saturated rings. The molecule has 1 aliphatic heterocycles. The minimum Gasteiger partial charge on any atom is -0.400 e. The lowest BCUT2D eigenvalue weighted by atomic mass is 9.97. The van der Waals surface area contributed by atoms with Gasteiger partial charge in [0.05, 0.1) is 12.7 Å². The van der Waals surface area contributed by atoms with E-state index in [1.807, 2.05) is 0 Å². The Hall–Kier alpha value is -0.120. The third-order valence-corrected chi connectivity index (χ3v) is 2.25. The van der Waals surface area contributed by atoms with Gasteiger partial charge in [-0.1, -0.05) is 13.3 Å². The van der Waals surface area contributed by atoms with Crippen LogP contribution < -0.4 is 0 Å². The fourth-order valence-corrected chi connectivity index (χ4v) is 1.33. The van der Waals surface area contributed by atoms with Crippen LogP contribution in [0, 0.1) is 5.92 Å². The van der Waals surface area contributed by atoms with Crippen molar-refractivity contribution in [3.8, 4) is 0 Å². The van der Waals surface area contributed by atoms with Crippen molar-refractivity contribution in [1.82, 2.24) is 0 Å². The van der Waals surface area contributed by atoms with Gasteiger partial charge in [0, 0.05) is 13.7 Å². The summed E-state index contributed by atoms with van der Waals surface area (Å²) in [7, 11) is 1.00. The largest absolute Gasteiger partial charge is 0.400 e. The molecule has 74 valence electrons. The van der Waals surface area contributed by atoms with Gasteiger partial charge >= 0.3 is 0 Å². The lowest BCUT2D eigenvalue weighted by Gasteiger charge is -2.26. The first-order valence-corrected chi connectivity index (χ1v) is 4.54. The molecule has 1 aliphatic rings. The molecule has 2 N–H and O–H groups in total. The van der Waals surface area contributed by atoms with Gasteiger partial charge in [-0.15, -0.1) is 0 Å². The Labute approximate surface area is 74.4 Å². The van der Waals surface area contributed by atoms with E-state index in [4.69, 9.17) is 14.9 Å². The molecule has 3 heteroatoms. The van der Waals surface area contributed by atoms with Crippen molar-refractivity contribution < 1.29 is 14.9 Å². The van der Waals surface area contributed by atoms with Crippen molar-refractivity contribution in [1.29, 1.82) is 0 Å². The Morgan fingerprint density at radius 2 is 2.00 bits per heavy atom. The first-order valence-electron chi connectivity index (χ1n) is 4.54. The van der Waals surface area contributed by atoms with Gasteiger partial charge in [0.2, 0.25) is 0 Å². The van der Waals surface area contributed by atoms with Crippen LogP contribution >= 0.6 is 0 Å². The van der Waals surface area contributed by atoms with Crippen LogP contribution in [0.3, 0.4) is 0 Å². The molecule has 3 nitrogen and oxygen atoms in total. The smallest absolute Gasteiger partial charge is 0.0806 e. The second kappa shape index (κ2) is 7.53.